The molecule has 0 unspecified atom stereocenters. The van der Waals surface area contributed by atoms with Crippen LogP contribution in [0.2, 0.25) is 0 Å². The number of rotatable bonds is 1. The SMILES string of the molecule is CCC1OC(C)(C)O1. The van der Waals surface area contributed by atoms with E-state index in [1.54, 1.807) is 0 Å². The summed E-state index contributed by atoms with van der Waals surface area (Å²) >= 11 is 0. The minimum atomic E-state index is -0.305. The van der Waals surface area contributed by atoms with Gasteiger partial charge in [0.15, 0.2) is 12.1 Å². The first-order chi connectivity index (χ1) is 3.64. The van der Waals surface area contributed by atoms with Gasteiger partial charge in [-0.1, -0.05) is 6.92 Å². The molecule has 1 fully saturated rings. The highest BCUT2D eigenvalue weighted by Crippen LogP contribution is 2.28. The summed E-state index contributed by atoms with van der Waals surface area (Å²) in [4.78, 5) is 0. The molecule has 0 N–H and O–H groups in total. The van der Waals surface area contributed by atoms with Crippen LogP contribution in [0.1, 0.15) is 27.2 Å². The minimum absolute atomic E-state index is 0.0602. The quantitative estimate of drug-likeness (QED) is 0.517. The summed E-state index contributed by atoms with van der Waals surface area (Å²) in [5.74, 6) is -0.305. The summed E-state index contributed by atoms with van der Waals surface area (Å²) in [5.41, 5.74) is 0. The van der Waals surface area contributed by atoms with E-state index >= 15 is 0 Å². The van der Waals surface area contributed by atoms with Gasteiger partial charge in [-0.25, -0.2) is 0 Å². The van der Waals surface area contributed by atoms with Crippen LogP contribution in [0, 0.1) is 0 Å². The summed E-state index contributed by atoms with van der Waals surface area (Å²) in [6.45, 7) is 5.87. The highest BCUT2D eigenvalue weighted by atomic mass is 16.9. The highest BCUT2D eigenvalue weighted by Gasteiger charge is 2.36. The molecule has 1 aliphatic rings. The fraction of sp³-hybridized carbons (Fsp3) is 1.00. The molecule has 0 atom stereocenters. The van der Waals surface area contributed by atoms with Crippen molar-refractivity contribution < 1.29 is 9.47 Å². The van der Waals surface area contributed by atoms with Crippen LogP contribution in [-0.2, 0) is 9.47 Å². The van der Waals surface area contributed by atoms with Crippen molar-refractivity contribution in [1.29, 1.82) is 0 Å². The van der Waals surface area contributed by atoms with Gasteiger partial charge < -0.3 is 9.47 Å². The van der Waals surface area contributed by atoms with E-state index in [1.165, 1.54) is 0 Å². The van der Waals surface area contributed by atoms with Crippen molar-refractivity contribution in [1.82, 2.24) is 0 Å². The van der Waals surface area contributed by atoms with Crippen molar-refractivity contribution in [2.45, 2.75) is 39.3 Å². The zero-order chi connectivity index (χ0) is 6.20. The Hall–Kier alpha value is -0.0800. The Labute approximate surface area is 49.8 Å². The molecule has 1 saturated heterocycles. The Morgan fingerprint density at radius 3 is 2.00 bits per heavy atom. The van der Waals surface area contributed by atoms with Crippen molar-refractivity contribution in [3.05, 3.63) is 0 Å². The zero-order valence-corrected chi connectivity index (χ0v) is 5.60. The van der Waals surface area contributed by atoms with E-state index < -0.39 is 0 Å². The maximum absolute atomic E-state index is 5.25. The number of hydrogen-bond donors (Lipinski definition) is 0. The Bertz CT molecular complexity index is 80.5. The normalized spacial score (nSPS) is 27.4. The van der Waals surface area contributed by atoms with Crippen LogP contribution >= 0.6 is 0 Å². The second-order valence-corrected chi connectivity index (χ2v) is 2.47. The predicted octanol–water partition coefficient (Wildman–Crippen LogP) is 1.51. The predicted molar refractivity (Wildman–Crippen MR) is 30.3 cm³/mol. The molecule has 0 bridgehead atoms. The molecule has 0 radical (unpaired) electrons. The average molecular weight is 116 g/mol. The average Bonchev–Trinajstić information content (AvgIpc) is 1.60. The topological polar surface area (TPSA) is 18.5 Å². The van der Waals surface area contributed by atoms with Gasteiger partial charge >= 0.3 is 0 Å². The smallest absolute Gasteiger partial charge is 0.169 e. The van der Waals surface area contributed by atoms with Gasteiger partial charge in [0, 0.05) is 0 Å². The summed E-state index contributed by atoms with van der Waals surface area (Å²) in [5, 5.41) is 0. The van der Waals surface area contributed by atoms with Crippen LogP contribution in [0.15, 0.2) is 0 Å². The van der Waals surface area contributed by atoms with E-state index in [1.807, 2.05) is 20.8 Å². The third-order valence-electron chi connectivity index (χ3n) is 1.16. The van der Waals surface area contributed by atoms with Crippen LogP contribution in [0.5, 0.6) is 0 Å². The summed E-state index contributed by atoms with van der Waals surface area (Å²) in [7, 11) is 0. The second kappa shape index (κ2) is 1.71. The Balaban J connectivity index is 2.21. The molecular weight excluding hydrogens is 104 g/mol. The monoisotopic (exact) mass is 116 g/mol. The highest BCUT2D eigenvalue weighted by molar-refractivity contribution is 4.65. The van der Waals surface area contributed by atoms with E-state index in [4.69, 9.17) is 9.47 Å². The Morgan fingerprint density at radius 1 is 1.38 bits per heavy atom. The van der Waals surface area contributed by atoms with Crippen molar-refractivity contribution in [3.63, 3.8) is 0 Å². The third kappa shape index (κ3) is 1.01. The molecule has 1 aliphatic heterocycles. The van der Waals surface area contributed by atoms with Crippen molar-refractivity contribution in [2.24, 2.45) is 0 Å². The number of hydrogen-bond acceptors (Lipinski definition) is 2. The molecule has 2 heteroatoms. The molecule has 0 aliphatic carbocycles. The first-order valence-corrected chi connectivity index (χ1v) is 3.00. The fourth-order valence-electron chi connectivity index (χ4n) is 0.809. The molecule has 1 heterocycles. The molecule has 2 nitrogen and oxygen atoms in total. The zero-order valence-electron chi connectivity index (χ0n) is 5.60. The maximum atomic E-state index is 5.25. The molecule has 0 aromatic carbocycles. The summed E-state index contributed by atoms with van der Waals surface area (Å²) in [6.07, 6.45) is 1.01. The van der Waals surface area contributed by atoms with Gasteiger partial charge in [0.1, 0.15) is 0 Å². The molecule has 1 rings (SSSR count). The summed E-state index contributed by atoms with van der Waals surface area (Å²) < 4.78 is 10.5. The van der Waals surface area contributed by atoms with Crippen molar-refractivity contribution >= 4 is 0 Å². The van der Waals surface area contributed by atoms with Crippen LogP contribution < -0.4 is 0 Å². The second-order valence-electron chi connectivity index (χ2n) is 2.47. The minimum Gasteiger partial charge on any atom is -0.322 e. The van der Waals surface area contributed by atoms with Crippen molar-refractivity contribution in [3.8, 4) is 0 Å². The van der Waals surface area contributed by atoms with Gasteiger partial charge in [-0.2, -0.15) is 0 Å². The van der Waals surface area contributed by atoms with Gasteiger partial charge in [-0.15, -0.1) is 0 Å². The molecular formula is C6H12O2. The largest absolute Gasteiger partial charge is 0.322 e. The van der Waals surface area contributed by atoms with E-state index in [0.29, 0.717) is 0 Å². The first kappa shape index (κ1) is 6.05. The molecule has 0 spiro atoms. The van der Waals surface area contributed by atoms with Gasteiger partial charge in [0.25, 0.3) is 0 Å². The standard InChI is InChI=1S/C6H12O2/c1-4-5-7-6(2,3)8-5/h5H,4H2,1-3H3. The lowest BCUT2D eigenvalue weighted by Crippen LogP contribution is -2.48. The van der Waals surface area contributed by atoms with Crippen LogP contribution in [0.3, 0.4) is 0 Å². The van der Waals surface area contributed by atoms with E-state index in [2.05, 4.69) is 0 Å². The van der Waals surface area contributed by atoms with Gasteiger partial charge in [-0.3, -0.25) is 0 Å². The van der Waals surface area contributed by atoms with Gasteiger partial charge in [0.05, 0.1) is 0 Å². The maximum Gasteiger partial charge on any atom is 0.169 e. The van der Waals surface area contributed by atoms with Gasteiger partial charge in [-0.05, 0) is 20.3 Å². The van der Waals surface area contributed by atoms with E-state index in [9.17, 15) is 0 Å². The van der Waals surface area contributed by atoms with Crippen molar-refractivity contribution in [2.75, 3.05) is 0 Å². The molecule has 0 aromatic heterocycles. The van der Waals surface area contributed by atoms with Crippen LogP contribution in [0.25, 0.3) is 0 Å². The lowest BCUT2D eigenvalue weighted by atomic mass is 10.3. The van der Waals surface area contributed by atoms with E-state index in [0.717, 1.165) is 6.42 Å². The molecule has 0 saturated carbocycles. The van der Waals surface area contributed by atoms with Gasteiger partial charge in [0.2, 0.25) is 0 Å². The molecule has 48 valence electrons. The molecule has 0 aromatic rings. The molecule has 8 heavy (non-hydrogen) atoms. The third-order valence-corrected chi connectivity index (χ3v) is 1.16. The lowest BCUT2D eigenvalue weighted by Gasteiger charge is -2.42. The van der Waals surface area contributed by atoms with Crippen LogP contribution in [0.4, 0.5) is 0 Å². The Morgan fingerprint density at radius 2 is 1.88 bits per heavy atom. The first-order valence-electron chi connectivity index (χ1n) is 3.00. The Kier molecular flexibility index (Phi) is 1.29. The fourth-order valence-corrected chi connectivity index (χ4v) is 0.809. The van der Waals surface area contributed by atoms with Crippen LogP contribution in [-0.4, -0.2) is 12.1 Å². The van der Waals surface area contributed by atoms with E-state index in [-0.39, 0.29) is 12.1 Å². The molecule has 0 amide bonds. The summed E-state index contributed by atoms with van der Waals surface area (Å²) in [6, 6.07) is 0. The number of ether oxygens (including phenoxy) is 2. The lowest BCUT2D eigenvalue weighted by molar-refractivity contribution is -0.436.